The first-order chi connectivity index (χ1) is 9.77. The van der Waals surface area contributed by atoms with E-state index >= 15 is 0 Å². The molecule has 2 atom stereocenters. The molecule has 0 saturated heterocycles. The predicted molar refractivity (Wildman–Crippen MR) is 81.3 cm³/mol. The van der Waals surface area contributed by atoms with Crippen molar-refractivity contribution in [2.75, 3.05) is 6.61 Å². The second-order valence-corrected chi connectivity index (χ2v) is 5.02. The highest BCUT2D eigenvalue weighted by Crippen LogP contribution is 2.19. The molecule has 2 aromatic rings. The number of hydrogen-bond acceptors (Lipinski definition) is 3. The molecule has 0 saturated carbocycles. The van der Waals surface area contributed by atoms with Gasteiger partial charge in [0.1, 0.15) is 0 Å². The second kappa shape index (κ2) is 7.78. The molecule has 0 radical (unpaired) electrons. The summed E-state index contributed by atoms with van der Waals surface area (Å²) in [6, 6.07) is 14.4. The van der Waals surface area contributed by atoms with E-state index < -0.39 is 0 Å². The van der Waals surface area contributed by atoms with Crippen LogP contribution < -0.4 is 5.73 Å². The molecular weight excluding hydrogens is 248 g/mol. The molecule has 0 aliphatic heterocycles. The molecule has 0 aliphatic carbocycles. The Bertz CT molecular complexity index is 485. The van der Waals surface area contributed by atoms with Gasteiger partial charge in [-0.2, -0.15) is 0 Å². The second-order valence-electron chi connectivity index (χ2n) is 5.02. The molecule has 0 bridgehead atoms. The van der Waals surface area contributed by atoms with E-state index in [0.717, 1.165) is 18.4 Å². The van der Waals surface area contributed by atoms with E-state index in [0.29, 0.717) is 6.61 Å². The third-order valence-electron chi connectivity index (χ3n) is 3.26. The van der Waals surface area contributed by atoms with Gasteiger partial charge in [-0.1, -0.05) is 30.3 Å². The average molecular weight is 270 g/mol. The number of aromatic nitrogens is 1. The van der Waals surface area contributed by atoms with Crippen LogP contribution in [0.1, 0.15) is 30.6 Å². The van der Waals surface area contributed by atoms with E-state index in [9.17, 15) is 0 Å². The van der Waals surface area contributed by atoms with Gasteiger partial charge in [-0.05, 0) is 43.0 Å². The Morgan fingerprint density at radius 2 is 1.80 bits per heavy atom. The molecule has 2 rings (SSSR count). The lowest BCUT2D eigenvalue weighted by atomic mass is 10.1. The van der Waals surface area contributed by atoms with Crippen molar-refractivity contribution in [3.63, 3.8) is 0 Å². The van der Waals surface area contributed by atoms with Gasteiger partial charge in [-0.15, -0.1) is 0 Å². The van der Waals surface area contributed by atoms with Gasteiger partial charge in [-0.25, -0.2) is 0 Å². The highest BCUT2D eigenvalue weighted by atomic mass is 16.5. The Labute approximate surface area is 120 Å². The molecule has 2 unspecified atom stereocenters. The van der Waals surface area contributed by atoms with Gasteiger partial charge in [0.05, 0.1) is 6.10 Å². The summed E-state index contributed by atoms with van der Waals surface area (Å²) in [7, 11) is 0. The summed E-state index contributed by atoms with van der Waals surface area (Å²) in [6.07, 6.45) is 5.52. The minimum absolute atomic E-state index is 0.0332. The van der Waals surface area contributed by atoms with Crippen LogP contribution in [-0.4, -0.2) is 17.6 Å². The number of benzene rings is 1. The molecule has 20 heavy (non-hydrogen) atoms. The number of nitrogens with two attached hydrogens (primary N) is 1. The summed E-state index contributed by atoms with van der Waals surface area (Å²) in [5.74, 6) is 0. The Morgan fingerprint density at radius 1 is 1.10 bits per heavy atom. The lowest BCUT2D eigenvalue weighted by molar-refractivity contribution is 0.0369. The quantitative estimate of drug-likeness (QED) is 0.786. The fourth-order valence-corrected chi connectivity index (χ4v) is 2.24. The summed E-state index contributed by atoms with van der Waals surface area (Å²) >= 11 is 0. The standard InChI is InChI=1S/C17H22N2O/c1-14(18)17(16-9-11-19-12-10-16)20-13-5-8-15-6-3-2-4-7-15/h2-4,6-7,9-12,14,17H,5,8,13,18H2,1H3. The largest absolute Gasteiger partial charge is 0.372 e. The topological polar surface area (TPSA) is 48.1 Å². The fraction of sp³-hybridized carbons (Fsp3) is 0.353. The molecule has 3 heteroatoms. The molecule has 1 aromatic heterocycles. The number of pyridine rings is 1. The van der Waals surface area contributed by atoms with Crippen LogP contribution in [0.15, 0.2) is 54.9 Å². The van der Waals surface area contributed by atoms with E-state index in [2.05, 4.69) is 29.2 Å². The number of ether oxygens (including phenoxy) is 1. The molecule has 0 fully saturated rings. The van der Waals surface area contributed by atoms with Crippen LogP contribution in [0.3, 0.4) is 0 Å². The van der Waals surface area contributed by atoms with E-state index in [-0.39, 0.29) is 12.1 Å². The molecule has 0 spiro atoms. The molecule has 106 valence electrons. The van der Waals surface area contributed by atoms with Crippen molar-refractivity contribution in [1.29, 1.82) is 0 Å². The zero-order valence-electron chi connectivity index (χ0n) is 11.9. The summed E-state index contributed by atoms with van der Waals surface area (Å²) in [4.78, 5) is 4.03. The molecule has 0 amide bonds. The molecular formula is C17H22N2O. The molecule has 0 aliphatic rings. The molecule has 1 aromatic carbocycles. The number of nitrogens with zero attached hydrogens (tertiary/aromatic N) is 1. The Kier molecular flexibility index (Phi) is 5.71. The summed E-state index contributed by atoms with van der Waals surface area (Å²) in [5, 5.41) is 0. The summed E-state index contributed by atoms with van der Waals surface area (Å²) in [5.41, 5.74) is 8.45. The van der Waals surface area contributed by atoms with Crippen molar-refractivity contribution in [2.45, 2.75) is 31.9 Å². The van der Waals surface area contributed by atoms with Gasteiger partial charge in [0.15, 0.2) is 0 Å². The van der Waals surface area contributed by atoms with Crippen LogP contribution in [0.4, 0.5) is 0 Å². The van der Waals surface area contributed by atoms with E-state index in [1.807, 2.05) is 25.1 Å². The maximum absolute atomic E-state index is 6.02. The first kappa shape index (κ1) is 14.7. The van der Waals surface area contributed by atoms with Crippen LogP contribution in [0.5, 0.6) is 0 Å². The minimum Gasteiger partial charge on any atom is -0.372 e. The van der Waals surface area contributed by atoms with Crippen molar-refractivity contribution in [3.8, 4) is 0 Å². The molecule has 2 N–H and O–H groups in total. The normalized spacial score (nSPS) is 13.9. The van der Waals surface area contributed by atoms with Gasteiger partial charge < -0.3 is 10.5 Å². The lowest BCUT2D eigenvalue weighted by Gasteiger charge is -2.21. The lowest BCUT2D eigenvalue weighted by Crippen LogP contribution is -2.27. The maximum atomic E-state index is 6.02. The van der Waals surface area contributed by atoms with Crippen LogP contribution in [0, 0.1) is 0 Å². The van der Waals surface area contributed by atoms with Crippen LogP contribution in [0.25, 0.3) is 0 Å². The van der Waals surface area contributed by atoms with Crippen molar-refractivity contribution in [1.82, 2.24) is 4.98 Å². The van der Waals surface area contributed by atoms with Crippen molar-refractivity contribution in [2.24, 2.45) is 5.73 Å². The monoisotopic (exact) mass is 270 g/mol. The Balaban J connectivity index is 1.82. The molecule has 3 nitrogen and oxygen atoms in total. The third kappa shape index (κ3) is 4.44. The summed E-state index contributed by atoms with van der Waals surface area (Å²) < 4.78 is 5.96. The fourth-order valence-electron chi connectivity index (χ4n) is 2.24. The number of rotatable bonds is 7. The van der Waals surface area contributed by atoms with Crippen LogP contribution in [-0.2, 0) is 11.2 Å². The zero-order chi connectivity index (χ0) is 14.2. The highest BCUT2D eigenvalue weighted by molar-refractivity contribution is 5.15. The average Bonchev–Trinajstić information content (AvgIpc) is 2.49. The third-order valence-corrected chi connectivity index (χ3v) is 3.26. The SMILES string of the molecule is CC(N)C(OCCCc1ccccc1)c1ccncc1. The van der Waals surface area contributed by atoms with Gasteiger partial charge in [0.25, 0.3) is 0 Å². The van der Waals surface area contributed by atoms with E-state index in [1.165, 1.54) is 5.56 Å². The first-order valence-electron chi connectivity index (χ1n) is 7.08. The smallest absolute Gasteiger partial charge is 0.0974 e. The van der Waals surface area contributed by atoms with E-state index in [4.69, 9.17) is 10.5 Å². The van der Waals surface area contributed by atoms with Gasteiger partial charge in [0, 0.05) is 25.0 Å². The van der Waals surface area contributed by atoms with Gasteiger partial charge in [0.2, 0.25) is 0 Å². The van der Waals surface area contributed by atoms with Crippen LogP contribution >= 0.6 is 0 Å². The Morgan fingerprint density at radius 3 is 2.45 bits per heavy atom. The van der Waals surface area contributed by atoms with E-state index in [1.54, 1.807) is 12.4 Å². The molecule has 1 heterocycles. The number of aryl methyl sites for hydroxylation is 1. The van der Waals surface area contributed by atoms with Crippen molar-refractivity contribution < 1.29 is 4.74 Å². The van der Waals surface area contributed by atoms with Gasteiger partial charge in [-0.3, -0.25) is 4.98 Å². The number of hydrogen-bond donors (Lipinski definition) is 1. The van der Waals surface area contributed by atoms with Crippen LogP contribution in [0.2, 0.25) is 0 Å². The minimum atomic E-state index is -0.0613. The van der Waals surface area contributed by atoms with Crippen molar-refractivity contribution >= 4 is 0 Å². The summed E-state index contributed by atoms with van der Waals surface area (Å²) in [6.45, 7) is 2.69. The van der Waals surface area contributed by atoms with Gasteiger partial charge >= 0.3 is 0 Å². The predicted octanol–water partition coefficient (Wildman–Crippen LogP) is 3.12. The first-order valence-corrected chi connectivity index (χ1v) is 7.08. The highest BCUT2D eigenvalue weighted by Gasteiger charge is 2.16. The zero-order valence-corrected chi connectivity index (χ0v) is 11.9. The maximum Gasteiger partial charge on any atom is 0.0974 e. The Hall–Kier alpha value is -1.71. The van der Waals surface area contributed by atoms with Crippen molar-refractivity contribution in [3.05, 3.63) is 66.0 Å².